The molecule has 3 aromatic rings. The van der Waals surface area contributed by atoms with Gasteiger partial charge in [-0.05, 0) is 48.9 Å². The predicted molar refractivity (Wildman–Crippen MR) is 95.1 cm³/mol. The fraction of sp³-hybridized carbons (Fsp3) is 0.167. The van der Waals surface area contributed by atoms with Crippen LogP contribution in [0.2, 0.25) is 0 Å². The van der Waals surface area contributed by atoms with E-state index in [1.165, 1.54) is 23.5 Å². The first-order valence-electron chi connectivity index (χ1n) is 7.83. The van der Waals surface area contributed by atoms with Gasteiger partial charge in [0.2, 0.25) is 10.0 Å². The molecule has 0 fully saturated rings. The Hall–Kier alpha value is -2.71. The van der Waals surface area contributed by atoms with Crippen LogP contribution in [0.5, 0.6) is 0 Å². The molecule has 0 spiro atoms. The molecular formula is C18H17FN4O2S. The van der Waals surface area contributed by atoms with E-state index in [2.05, 4.69) is 15.0 Å². The van der Waals surface area contributed by atoms with Gasteiger partial charge < -0.3 is 0 Å². The molecule has 0 aliphatic rings. The van der Waals surface area contributed by atoms with Gasteiger partial charge in [0, 0.05) is 31.2 Å². The van der Waals surface area contributed by atoms with E-state index < -0.39 is 15.8 Å². The second-order valence-corrected chi connectivity index (χ2v) is 7.77. The van der Waals surface area contributed by atoms with Gasteiger partial charge in [0.05, 0.1) is 17.1 Å². The summed E-state index contributed by atoms with van der Waals surface area (Å²) in [6.45, 7) is 1.80. The zero-order chi connectivity index (χ0) is 18.7. The second kappa shape index (κ2) is 7.27. The van der Waals surface area contributed by atoms with E-state index in [1.54, 1.807) is 25.5 Å². The minimum atomic E-state index is -3.77. The Bertz CT molecular complexity index is 1010. The number of rotatable bonds is 5. The topological polar surface area (TPSA) is 76.1 Å². The predicted octanol–water partition coefficient (Wildman–Crippen LogP) is 2.81. The zero-order valence-electron chi connectivity index (χ0n) is 14.3. The molecule has 0 saturated carbocycles. The summed E-state index contributed by atoms with van der Waals surface area (Å²) in [7, 11) is -2.31. The lowest BCUT2D eigenvalue weighted by Crippen LogP contribution is -2.27. The number of pyridine rings is 1. The maximum absolute atomic E-state index is 13.1. The smallest absolute Gasteiger partial charge is 0.243 e. The fourth-order valence-corrected chi connectivity index (χ4v) is 3.62. The van der Waals surface area contributed by atoms with Crippen LogP contribution >= 0.6 is 0 Å². The Kier molecular flexibility index (Phi) is 5.06. The van der Waals surface area contributed by atoms with E-state index in [0.29, 0.717) is 11.5 Å². The van der Waals surface area contributed by atoms with Gasteiger partial charge in [-0.3, -0.25) is 4.98 Å². The summed E-state index contributed by atoms with van der Waals surface area (Å²) >= 11 is 0. The van der Waals surface area contributed by atoms with Crippen molar-refractivity contribution in [2.24, 2.45) is 0 Å². The van der Waals surface area contributed by atoms with E-state index in [-0.39, 0.29) is 11.4 Å². The highest BCUT2D eigenvalue weighted by Gasteiger charge is 2.23. The summed E-state index contributed by atoms with van der Waals surface area (Å²) in [5.41, 5.74) is 2.17. The van der Waals surface area contributed by atoms with Crippen LogP contribution in [-0.4, -0.2) is 34.7 Å². The fourth-order valence-electron chi connectivity index (χ4n) is 2.49. The second-order valence-electron chi connectivity index (χ2n) is 5.73. The molecule has 8 heteroatoms. The standard InChI is InChI=1S/C18H17FN4O2S/c1-13-21-11-17(14-7-9-20-10-8-14)18(22-13)12-23(2)26(24,25)16-5-3-15(19)4-6-16/h3-11H,12H2,1-2H3. The lowest BCUT2D eigenvalue weighted by molar-refractivity contribution is 0.461. The lowest BCUT2D eigenvalue weighted by atomic mass is 10.1. The normalized spacial score (nSPS) is 11.7. The van der Waals surface area contributed by atoms with E-state index in [9.17, 15) is 12.8 Å². The lowest BCUT2D eigenvalue weighted by Gasteiger charge is -2.18. The number of hydrogen-bond donors (Lipinski definition) is 0. The van der Waals surface area contributed by atoms with Gasteiger partial charge >= 0.3 is 0 Å². The van der Waals surface area contributed by atoms with Crippen LogP contribution in [0.4, 0.5) is 4.39 Å². The van der Waals surface area contributed by atoms with Crippen molar-refractivity contribution in [3.63, 3.8) is 0 Å². The molecule has 0 bridgehead atoms. The molecule has 0 N–H and O–H groups in total. The maximum atomic E-state index is 13.1. The van der Waals surface area contributed by atoms with Crippen LogP contribution < -0.4 is 0 Å². The molecule has 2 heterocycles. The molecule has 3 rings (SSSR count). The van der Waals surface area contributed by atoms with Crippen LogP contribution in [0.3, 0.4) is 0 Å². The number of nitrogens with zero attached hydrogens (tertiary/aromatic N) is 4. The number of hydrogen-bond acceptors (Lipinski definition) is 5. The van der Waals surface area contributed by atoms with Crippen molar-refractivity contribution < 1.29 is 12.8 Å². The van der Waals surface area contributed by atoms with Crippen molar-refractivity contribution in [3.05, 3.63) is 72.3 Å². The Labute approximate surface area is 151 Å². The Morgan fingerprint density at radius 2 is 1.73 bits per heavy atom. The van der Waals surface area contributed by atoms with Gasteiger partial charge in [0.15, 0.2) is 0 Å². The summed E-state index contributed by atoms with van der Waals surface area (Å²) in [6.07, 6.45) is 4.97. The molecule has 0 aliphatic heterocycles. The van der Waals surface area contributed by atoms with Crippen molar-refractivity contribution >= 4 is 10.0 Å². The van der Waals surface area contributed by atoms with Crippen LogP contribution in [0, 0.1) is 12.7 Å². The average Bonchev–Trinajstić information content (AvgIpc) is 2.63. The summed E-state index contributed by atoms with van der Waals surface area (Å²) in [5.74, 6) is 0.0587. The molecule has 6 nitrogen and oxygen atoms in total. The van der Waals surface area contributed by atoms with Gasteiger partial charge in [-0.2, -0.15) is 4.31 Å². The summed E-state index contributed by atoms with van der Waals surface area (Å²) in [6, 6.07) is 8.36. The third-order valence-electron chi connectivity index (χ3n) is 3.87. The van der Waals surface area contributed by atoms with Crippen LogP contribution in [0.15, 0.2) is 59.9 Å². The highest BCUT2D eigenvalue weighted by atomic mass is 32.2. The molecular weight excluding hydrogens is 355 g/mol. The van der Waals surface area contributed by atoms with Crippen LogP contribution in [-0.2, 0) is 16.6 Å². The number of benzene rings is 1. The molecule has 1 aromatic carbocycles. The first-order valence-corrected chi connectivity index (χ1v) is 9.27. The third-order valence-corrected chi connectivity index (χ3v) is 5.69. The minimum Gasteiger partial charge on any atom is -0.265 e. The van der Waals surface area contributed by atoms with Gasteiger partial charge in [0.1, 0.15) is 11.6 Å². The van der Waals surface area contributed by atoms with Crippen LogP contribution in [0.25, 0.3) is 11.1 Å². The molecule has 0 aliphatic carbocycles. The Morgan fingerprint density at radius 1 is 1.08 bits per heavy atom. The van der Waals surface area contributed by atoms with Gasteiger partial charge in [-0.15, -0.1) is 0 Å². The Morgan fingerprint density at radius 3 is 2.38 bits per heavy atom. The SMILES string of the molecule is Cc1ncc(-c2ccncc2)c(CN(C)S(=O)(=O)c2ccc(F)cc2)n1. The largest absolute Gasteiger partial charge is 0.265 e. The van der Waals surface area contributed by atoms with Crippen molar-refractivity contribution in [2.45, 2.75) is 18.4 Å². The number of aryl methyl sites for hydroxylation is 1. The molecule has 2 aromatic heterocycles. The first-order chi connectivity index (χ1) is 12.4. The summed E-state index contributed by atoms with van der Waals surface area (Å²) in [4.78, 5) is 12.6. The highest BCUT2D eigenvalue weighted by Crippen LogP contribution is 2.24. The minimum absolute atomic E-state index is 0.0256. The van der Waals surface area contributed by atoms with Gasteiger partial charge in [0.25, 0.3) is 0 Å². The zero-order valence-corrected chi connectivity index (χ0v) is 15.1. The molecule has 0 amide bonds. The molecule has 0 atom stereocenters. The monoisotopic (exact) mass is 372 g/mol. The third kappa shape index (κ3) is 3.76. The number of sulfonamides is 1. The van der Waals surface area contributed by atoms with E-state index in [4.69, 9.17) is 0 Å². The number of aromatic nitrogens is 3. The Balaban J connectivity index is 1.95. The number of halogens is 1. The van der Waals surface area contributed by atoms with Crippen molar-refractivity contribution in [1.82, 2.24) is 19.3 Å². The van der Waals surface area contributed by atoms with E-state index in [1.807, 2.05) is 12.1 Å². The molecule has 0 radical (unpaired) electrons. The molecule has 0 saturated heterocycles. The highest BCUT2D eigenvalue weighted by molar-refractivity contribution is 7.89. The van der Waals surface area contributed by atoms with Crippen LogP contribution in [0.1, 0.15) is 11.5 Å². The van der Waals surface area contributed by atoms with E-state index >= 15 is 0 Å². The van der Waals surface area contributed by atoms with Crippen molar-refractivity contribution in [1.29, 1.82) is 0 Å². The summed E-state index contributed by atoms with van der Waals surface area (Å²) < 4.78 is 39.7. The molecule has 134 valence electrons. The average molecular weight is 372 g/mol. The van der Waals surface area contributed by atoms with Crippen molar-refractivity contribution in [3.8, 4) is 11.1 Å². The van der Waals surface area contributed by atoms with Gasteiger partial charge in [-0.25, -0.2) is 22.8 Å². The first kappa shape index (κ1) is 18.1. The quantitative estimate of drug-likeness (QED) is 0.688. The molecule has 0 unspecified atom stereocenters. The van der Waals surface area contributed by atoms with E-state index in [0.717, 1.165) is 23.3 Å². The molecule has 26 heavy (non-hydrogen) atoms. The van der Waals surface area contributed by atoms with Crippen molar-refractivity contribution in [2.75, 3.05) is 7.05 Å². The summed E-state index contributed by atoms with van der Waals surface area (Å²) in [5, 5.41) is 0. The maximum Gasteiger partial charge on any atom is 0.243 e. The van der Waals surface area contributed by atoms with Gasteiger partial charge in [-0.1, -0.05) is 0 Å².